The summed E-state index contributed by atoms with van der Waals surface area (Å²) in [4.78, 5) is 5.86. The maximum atomic E-state index is 3.38. The van der Waals surface area contributed by atoms with E-state index in [-0.39, 0.29) is 0 Å². The van der Waals surface area contributed by atoms with Crippen LogP contribution in [0.3, 0.4) is 0 Å². The average Bonchev–Trinajstić information content (AvgIpc) is 2.65. The Hall–Kier alpha value is -0.800. The van der Waals surface area contributed by atoms with Gasteiger partial charge in [0.1, 0.15) is 0 Å². The summed E-state index contributed by atoms with van der Waals surface area (Å²) in [5.74, 6) is 0. The predicted molar refractivity (Wildman–Crippen MR) is 58.4 cm³/mol. The Morgan fingerprint density at radius 3 is 2.64 bits per heavy atom. The average molecular weight is 193 g/mol. The Morgan fingerprint density at radius 1 is 1.36 bits per heavy atom. The summed E-state index contributed by atoms with van der Waals surface area (Å²) in [7, 11) is 0. The fraction of sp³-hybridized carbons (Fsp3) is 0.636. The monoisotopic (exact) mass is 193 g/mol. The number of nitrogens with zero attached hydrogens (tertiary/aromatic N) is 1. The molecule has 1 aliphatic rings. The molecule has 1 saturated heterocycles. The van der Waals surface area contributed by atoms with E-state index in [0.717, 1.165) is 26.2 Å². The molecule has 0 amide bonds. The molecule has 0 aliphatic carbocycles. The summed E-state index contributed by atoms with van der Waals surface area (Å²) in [6.45, 7) is 8.99. The van der Waals surface area contributed by atoms with Crippen LogP contribution >= 0.6 is 0 Å². The van der Waals surface area contributed by atoms with E-state index in [4.69, 9.17) is 0 Å². The zero-order chi connectivity index (χ0) is 9.97. The lowest BCUT2D eigenvalue weighted by molar-refractivity contribution is 0.182. The molecule has 14 heavy (non-hydrogen) atoms. The van der Waals surface area contributed by atoms with E-state index in [1.807, 2.05) is 6.20 Å². The number of aryl methyl sites for hydroxylation is 1. The number of H-pyrrole nitrogens is 1. The predicted octanol–water partition coefficient (Wildman–Crippen LogP) is 1.29. The molecule has 1 fully saturated rings. The zero-order valence-electron chi connectivity index (χ0n) is 9.01. The smallest absolute Gasteiger partial charge is 0.0473 e. The van der Waals surface area contributed by atoms with E-state index in [1.54, 1.807) is 0 Å². The van der Waals surface area contributed by atoms with Gasteiger partial charge in [0.15, 0.2) is 0 Å². The van der Waals surface area contributed by atoms with Gasteiger partial charge in [0.05, 0.1) is 0 Å². The van der Waals surface area contributed by atoms with Crippen molar-refractivity contribution < 1.29 is 0 Å². The van der Waals surface area contributed by atoms with Crippen molar-refractivity contribution in [3.8, 4) is 0 Å². The molecule has 0 aromatic carbocycles. The molecule has 2 rings (SSSR count). The summed E-state index contributed by atoms with van der Waals surface area (Å²) in [6, 6.07) is 2.67. The summed E-state index contributed by atoms with van der Waals surface area (Å²) in [5, 5.41) is 3.38. The van der Waals surface area contributed by atoms with Gasteiger partial charge in [-0.2, -0.15) is 0 Å². The number of rotatable bonds is 2. The number of nitrogens with one attached hydrogen (secondary N) is 2. The molecule has 3 nitrogen and oxygen atoms in total. The van der Waals surface area contributed by atoms with Gasteiger partial charge in [0.25, 0.3) is 0 Å². The van der Waals surface area contributed by atoms with Crippen molar-refractivity contribution in [2.24, 2.45) is 0 Å². The molecule has 0 bridgehead atoms. The highest BCUT2D eigenvalue weighted by atomic mass is 15.2. The Kier molecular flexibility index (Phi) is 2.89. The van der Waals surface area contributed by atoms with Crippen LogP contribution < -0.4 is 5.32 Å². The third-order valence-corrected chi connectivity index (χ3v) is 3.11. The quantitative estimate of drug-likeness (QED) is 0.741. The summed E-state index contributed by atoms with van der Waals surface area (Å²) in [6.07, 6.45) is 2.03. The molecule has 2 N–H and O–H groups in total. The van der Waals surface area contributed by atoms with E-state index >= 15 is 0 Å². The van der Waals surface area contributed by atoms with Gasteiger partial charge in [-0.1, -0.05) is 0 Å². The number of aromatic nitrogens is 1. The second-order valence-corrected chi connectivity index (χ2v) is 4.04. The van der Waals surface area contributed by atoms with Gasteiger partial charge >= 0.3 is 0 Å². The third kappa shape index (κ3) is 1.83. The highest BCUT2D eigenvalue weighted by Crippen LogP contribution is 2.21. The van der Waals surface area contributed by atoms with Crippen LogP contribution in [0.5, 0.6) is 0 Å². The van der Waals surface area contributed by atoms with Crippen molar-refractivity contribution in [2.75, 3.05) is 26.2 Å². The van der Waals surface area contributed by atoms with Crippen molar-refractivity contribution in [3.63, 3.8) is 0 Å². The molecular weight excluding hydrogens is 174 g/mol. The highest BCUT2D eigenvalue weighted by Gasteiger charge is 2.19. The van der Waals surface area contributed by atoms with Gasteiger partial charge in [-0.25, -0.2) is 0 Å². The van der Waals surface area contributed by atoms with Crippen molar-refractivity contribution in [3.05, 3.63) is 23.5 Å². The van der Waals surface area contributed by atoms with Crippen molar-refractivity contribution in [1.29, 1.82) is 0 Å². The number of hydrogen-bond donors (Lipinski definition) is 2. The molecule has 0 spiro atoms. The molecule has 1 aromatic rings. The maximum absolute atomic E-state index is 3.38. The van der Waals surface area contributed by atoms with Crippen LogP contribution in [-0.4, -0.2) is 36.1 Å². The normalized spacial score (nSPS) is 21.0. The van der Waals surface area contributed by atoms with Gasteiger partial charge < -0.3 is 10.3 Å². The summed E-state index contributed by atoms with van der Waals surface area (Å²) >= 11 is 0. The van der Waals surface area contributed by atoms with Gasteiger partial charge in [-0.15, -0.1) is 0 Å². The van der Waals surface area contributed by atoms with Crippen molar-refractivity contribution in [1.82, 2.24) is 15.2 Å². The minimum Gasteiger partial charge on any atom is -0.363 e. The Balaban J connectivity index is 2.07. The largest absolute Gasteiger partial charge is 0.363 e. The Bertz CT molecular complexity index is 286. The van der Waals surface area contributed by atoms with Gasteiger partial charge in [0, 0.05) is 44.1 Å². The molecular formula is C11H19N3. The lowest BCUT2D eigenvalue weighted by Gasteiger charge is -2.32. The summed E-state index contributed by atoms with van der Waals surface area (Å²) in [5.41, 5.74) is 2.74. The third-order valence-electron chi connectivity index (χ3n) is 3.11. The molecule has 3 heteroatoms. The Morgan fingerprint density at radius 2 is 2.07 bits per heavy atom. The number of aromatic amines is 1. The molecule has 0 saturated carbocycles. The molecule has 1 atom stereocenters. The topological polar surface area (TPSA) is 31.1 Å². The highest BCUT2D eigenvalue weighted by molar-refractivity contribution is 5.21. The van der Waals surface area contributed by atoms with E-state index in [1.165, 1.54) is 11.3 Å². The lowest BCUT2D eigenvalue weighted by atomic mass is 10.1. The van der Waals surface area contributed by atoms with Crippen LogP contribution in [0.1, 0.15) is 24.2 Å². The second-order valence-electron chi connectivity index (χ2n) is 4.04. The van der Waals surface area contributed by atoms with Crippen LogP contribution in [0.4, 0.5) is 0 Å². The molecule has 0 radical (unpaired) electrons. The van der Waals surface area contributed by atoms with Gasteiger partial charge in [-0.05, 0) is 25.5 Å². The molecule has 78 valence electrons. The van der Waals surface area contributed by atoms with Crippen LogP contribution in [0.2, 0.25) is 0 Å². The first-order valence-electron chi connectivity index (χ1n) is 5.37. The van der Waals surface area contributed by atoms with Gasteiger partial charge in [-0.3, -0.25) is 4.90 Å². The first-order valence-corrected chi connectivity index (χ1v) is 5.37. The molecule has 1 unspecified atom stereocenters. The zero-order valence-corrected chi connectivity index (χ0v) is 9.01. The van der Waals surface area contributed by atoms with Gasteiger partial charge in [0.2, 0.25) is 0 Å². The number of hydrogen-bond acceptors (Lipinski definition) is 2. The minimum atomic E-state index is 0.520. The maximum Gasteiger partial charge on any atom is 0.0473 e. The SMILES string of the molecule is Cc1cc[nH]c1C(C)N1CCNCC1. The first-order chi connectivity index (χ1) is 6.79. The van der Waals surface area contributed by atoms with E-state index in [0.29, 0.717) is 6.04 Å². The fourth-order valence-corrected chi connectivity index (χ4v) is 2.16. The van der Waals surface area contributed by atoms with Crippen molar-refractivity contribution in [2.45, 2.75) is 19.9 Å². The fourth-order valence-electron chi connectivity index (χ4n) is 2.16. The van der Waals surface area contributed by atoms with E-state index in [9.17, 15) is 0 Å². The summed E-state index contributed by atoms with van der Waals surface area (Å²) < 4.78 is 0. The van der Waals surface area contributed by atoms with E-state index in [2.05, 4.69) is 35.1 Å². The second kappa shape index (κ2) is 4.15. The lowest BCUT2D eigenvalue weighted by Crippen LogP contribution is -2.44. The Labute approximate surface area is 85.5 Å². The van der Waals surface area contributed by atoms with Crippen molar-refractivity contribution >= 4 is 0 Å². The standard InChI is InChI=1S/C11H19N3/c1-9-3-4-13-11(9)10(2)14-7-5-12-6-8-14/h3-4,10,12-13H,5-8H2,1-2H3. The minimum absolute atomic E-state index is 0.520. The molecule has 1 aromatic heterocycles. The van der Waals surface area contributed by atoms with E-state index < -0.39 is 0 Å². The molecule has 2 heterocycles. The van der Waals surface area contributed by atoms with Crippen LogP contribution in [0, 0.1) is 6.92 Å². The van der Waals surface area contributed by atoms with Crippen LogP contribution in [0.15, 0.2) is 12.3 Å². The van der Waals surface area contributed by atoms with Crippen LogP contribution in [0.25, 0.3) is 0 Å². The van der Waals surface area contributed by atoms with Crippen LogP contribution in [-0.2, 0) is 0 Å². The first kappa shape index (κ1) is 9.74. The number of piperazine rings is 1. The molecule has 1 aliphatic heterocycles.